The Bertz CT molecular complexity index is 1720. The molecule has 0 saturated heterocycles. The lowest BCUT2D eigenvalue weighted by atomic mass is 10.0. The minimum Gasteiger partial charge on any atom is -0.508 e. The molecule has 214 valence electrons. The van der Waals surface area contributed by atoms with Crippen LogP contribution in [0.3, 0.4) is 0 Å². The number of hydrogen-bond donors (Lipinski definition) is 1. The summed E-state index contributed by atoms with van der Waals surface area (Å²) in [6, 6.07) is 23.9. The molecule has 0 aliphatic carbocycles. The van der Waals surface area contributed by atoms with Gasteiger partial charge in [0.05, 0.1) is 13.7 Å². The van der Waals surface area contributed by atoms with Crippen LogP contribution in [0.1, 0.15) is 27.2 Å². The van der Waals surface area contributed by atoms with Crippen LogP contribution in [0.5, 0.6) is 5.75 Å². The van der Waals surface area contributed by atoms with Crippen LogP contribution in [0.2, 0.25) is 5.02 Å². The van der Waals surface area contributed by atoms with E-state index in [0.29, 0.717) is 27.3 Å². The maximum atomic E-state index is 13.6. The van der Waals surface area contributed by atoms with Gasteiger partial charge in [-0.05, 0) is 71.6 Å². The summed E-state index contributed by atoms with van der Waals surface area (Å²) >= 11 is 6.03. The predicted octanol–water partition coefficient (Wildman–Crippen LogP) is 7.26. The maximum absolute atomic E-state index is 13.6. The molecule has 0 saturated carbocycles. The Morgan fingerprint density at radius 1 is 0.929 bits per heavy atom. The summed E-state index contributed by atoms with van der Waals surface area (Å²) in [5.41, 5.74) is 4.17. The van der Waals surface area contributed by atoms with Crippen LogP contribution in [-0.2, 0) is 27.3 Å². The van der Waals surface area contributed by atoms with Gasteiger partial charge >= 0.3 is 11.9 Å². The van der Waals surface area contributed by atoms with Gasteiger partial charge in [0.25, 0.3) is 0 Å². The molecule has 5 rings (SSSR count). The zero-order valence-electron chi connectivity index (χ0n) is 22.8. The van der Waals surface area contributed by atoms with Crippen LogP contribution < -0.4 is 0 Å². The first-order valence-corrected chi connectivity index (χ1v) is 13.5. The molecule has 0 aliphatic heterocycles. The van der Waals surface area contributed by atoms with Gasteiger partial charge < -0.3 is 19.1 Å². The van der Waals surface area contributed by atoms with E-state index in [1.165, 1.54) is 48.6 Å². The quantitative estimate of drug-likeness (QED) is 0.143. The average molecular weight is 588 g/mol. The Morgan fingerprint density at radius 3 is 2.24 bits per heavy atom. The van der Waals surface area contributed by atoms with Crippen molar-refractivity contribution in [3.8, 4) is 16.9 Å². The summed E-state index contributed by atoms with van der Waals surface area (Å²) in [7, 11) is 1.24. The second kappa shape index (κ2) is 12.5. The molecule has 0 fully saturated rings. The number of halogens is 2. The van der Waals surface area contributed by atoms with E-state index in [2.05, 4.69) is 0 Å². The van der Waals surface area contributed by atoms with Gasteiger partial charge in [0.1, 0.15) is 23.2 Å². The Kier molecular flexibility index (Phi) is 8.56. The fourth-order valence-electron chi connectivity index (χ4n) is 4.66. The molecule has 0 amide bonds. The summed E-state index contributed by atoms with van der Waals surface area (Å²) in [5, 5.41) is 12.2. The standard InChI is InChI=1S/C33H27ClFNO6/c1-20-28-16-9-24(23-7-10-25(34)11-8-23)18-30(28)41-31(20)33(39)42-36(19-22-3-12-26(35)13-4-22)29(32(38)40-2)17-21-5-14-27(37)15-6-21/h3-16,18,29,37H,17,19H2,1-2H3. The Labute approximate surface area is 246 Å². The van der Waals surface area contributed by atoms with Crippen molar-refractivity contribution in [2.75, 3.05) is 7.11 Å². The molecule has 1 heterocycles. The second-order valence-corrected chi connectivity index (χ2v) is 10.2. The normalized spacial score (nSPS) is 11.9. The van der Waals surface area contributed by atoms with E-state index in [9.17, 15) is 19.1 Å². The number of aryl methyl sites for hydroxylation is 1. The van der Waals surface area contributed by atoms with Crippen molar-refractivity contribution >= 4 is 34.5 Å². The number of phenols is 1. The minimum atomic E-state index is -1.06. The smallest absolute Gasteiger partial charge is 0.393 e. The van der Waals surface area contributed by atoms with Crippen LogP contribution in [0.15, 0.2) is 95.4 Å². The number of ether oxygens (including phenoxy) is 1. The number of benzene rings is 4. The molecule has 0 radical (unpaired) electrons. The highest BCUT2D eigenvalue weighted by Crippen LogP contribution is 2.31. The van der Waals surface area contributed by atoms with Gasteiger partial charge in [-0.2, -0.15) is 0 Å². The fourth-order valence-corrected chi connectivity index (χ4v) is 4.79. The number of carbonyl (C=O) groups excluding carboxylic acids is 2. The van der Waals surface area contributed by atoms with Crippen molar-refractivity contribution in [3.63, 3.8) is 0 Å². The summed E-state index contributed by atoms with van der Waals surface area (Å²) in [4.78, 5) is 32.4. The van der Waals surface area contributed by atoms with Crippen molar-refractivity contribution in [1.29, 1.82) is 0 Å². The maximum Gasteiger partial charge on any atom is 0.393 e. The molecular weight excluding hydrogens is 561 g/mol. The van der Waals surface area contributed by atoms with Gasteiger partial charge in [-0.1, -0.05) is 60.1 Å². The average Bonchev–Trinajstić information content (AvgIpc) is 3.33. The van der Waals surface area contributed by atoms with Crippen LogP contribution >= 0.6 is 11.6 Å². The van der Waals surface area contributed by atoms with E-state index in [1.807, 2.05) is 30.3 Å². The lowest BCUT2D eigenvalue weighted by molar-refractivity contribution is -0.178. The number of hydroxylamine groups is 2. The molecule has 1 aromatic heterocycles. The molecule has 1 N–H and O–H groups in total. The number of nitrogens with zero attached hydrogens (tertiary/aromatic N) is 1. The van der Waals surface area contributed by atoms with E-state index in [1.54, 1.807) is 31.2 Å². The molecule has 42 heavy (non-hydrogen) atoms. The van der Waals surface area contributed by atoms with Gasteiger partial charge in [-0.3, -0.25) is 4.79 Å². The molecular formula is C33H27ClFNO6. The van der Waals surface area contributed by atoms with Crippen LogP contribution in [-0.4, -0.2) is 35.3 Å². The highest BCUT2D eigenvalue weighted by atomic mass is 35.5. The predicted molar refractivity (Wildman–Crippen MR) is 156 cm³/mol. The number of phenolic OH excluding ortho intramolecular Hbond substituents is 1. The number of furan rings is 1. The van der Waals surface area contributed by atoms with Gasteiger partial charge in [0.15, 0.2) is 0 Å². The van der Waals surface area contributed by atoms with Crippen molar-refractivity contribution in [1.82, 2.24) is 5.06 Å². The Balaban J connectivity index is 1.47. The van der Waals surface area contributed by atoms with E-state index in [-0.39, 0.29) is 24.5 Å². The molecule has 0 spiro atoms. The molecule has 9 heteroatoms. The van der Waals surface area contributed by atoms with Gasteiger partial charge in [0, 0.05) is 22.4 Å². The van der Waals surface area contributed by atoms with Crippen LogP contribution in [0.25, 0.3) is 22.1 Å². The number of esters is 1. The summed E-state index contributed by atoms with van der Waals surface area (Å²) < 4.78 is 24.7. The number of carbonyl (C=O) groups is 2. The number of aromatic hydroxyl groups is 1. The number of fused-ring (bicyclic) bond motifs is 1. The monoisotopic (exact) mass is 587 g/mol. The first-order valence-electron chi connectivity index (χ1n) is 13.1. The molecule has 1 unspecified atom stereocenters. The first-order chi connectivity index (χ1) is 20.2. The van der Waals surface area contributed by atoms with Gasteiger partial charge in [-0.25, -0.2) is 9.18 Å². The first kappa shape index (κ1) is 28.9. The topological polar surface area (TPSA) is 89.2 Å². The molecule has 4 aromatic carbocycles. The highest BCUT2D eigenvalue weighted by Gasteiger charge is 2.33. The van der Waals surface area contributed by atoms with E-state index in [4.69, 9.17) is 25.6 Å². The fraction of sp³-hybridized carbons (Fsp3) is 0.152. The number of hydrogen-bond acceptors (Lipinski definition) is 7. The SMILES string of the molecule is COC(=O)C(Cc1ccc(O)cc1)N(Cc1ccc(F)cc1)OC(=O)c1oc2cc(-c3ccc(Cl)cc3)ccc2c1C. The summed E-state index contributed by atoms with van der Waals surface area (Å²) in [6.45, 7) is 1.72. The van der Waals surface area contributed by atoms with Gasteiger partial charge in [-0.15, -0.1) is 5.06 Å². The largest absolute Gasteiger partial charge is 0.508 e. The van der Waals surface area contributed by atoms with E-state index >= 15 is 0 Å². The third-order valence-corrected chi connectivity index (χ3v) is 7.19. The zero-order chi connectivity index (χ0) is 29.8. The number of methoxy groups -OCH3 is 1. The summed E-state index contributed by atoms with van der Waals surface area (Å²) in [6.07, 6.45) is 0.102. The van der Waals surface area contributed by atoms with Crippen LogP contribution in [0.4, 0.5) is 4.39 Å². The van der Waals surface area contributed by atoms with Gasteiger partial charge in [0.2, 0.25) is 5.76 Å². The molecule has 0 aliphatic rings. The van der Waals surface area contributed by atoms with Crippen molar-refractivity contribution in [2.45, 2.75) is 25.9 Å². The highest BCUT2D eigenvalue weighted by molar-refractivity contribution is 6.30. The third kappa shape index (κ3) is 6.46. The molecule has 5 aromatic rings. The van der Waals surface area contributed by atoms with Crippen molar-refractivity contribution in [3.05, 3.63) is 124 Å². The van der Waals surface area contributed by atoms with Crippen molar-refractivity contribution in [2.24, 2.45) is 0 Å². The van der Waals surface area contributed by atoms with Crippen LogP contribution in [0, 0.1) is 12.7 Å². The zero-order valence-corrected chi connectivity index (χ0v) is 23.6. The molecule has 0 bridgehead atoms. The second-order valence-electron chi connectivity index (χ2n) is 9.76. The van der Waals surface area contributed by atoms with E-state index in [0.717, 1.165) is 16.5 Å². The third-order valence-electron chi connectivity index (χ3n) is 6.94. The lowest BCUT2D eigenvalue weighted by Gasteiger charge is -2.28. The number of rotatable bonds is 9. The van der Waals surface area contributed by atoms with Crippen molar-refractivity contribution < 1.29 is 33.1 Å². The van der Waals surface area contributed by atoms with E-state index < -0.39 is 23.8 Å². The molecule has 1 atom stereocenters. The minimum absolute atomic E-state index is 0.0180. The Morgan fingerprint density at radius 2 is 1.57 bits per heavy atom. The molecule has 7 nitrogen and oxygen atoms in total. The summed E-state index contributed by atoms with van der Waals surface area (Å²) in [5.74, 6) is -1.82. The lowest BCUT2D eigenvalue weighted by Crippen LogP contribution is -2.44. The Hall–Kier alpha value is -4.66.